The molecule has 0 aliphatic carbocycles. The fraction of sp³-hybridized carbons (Fsp3) is 0.444. The van der Waals surface area contributed by atoms with Crippen molar-refractivity contribution in [2.75, 3.05) is 12.4 Å². The standard InChI is InChI=1S/C9H11ClN4O2/c10-5-8(15)12-9(16)14-4-3-13-2-1-11-7(13)6-14/h1-2H,3-6H2,(H,12,15,16). The van der Waals surface area contributed by atoms with Crippen LogP contribution >= 0.6 is 11.6 Å². The minimum absolute atomic E-state index is 0.214. The molecule has 0 bridgehead atoms. The van der Waals surface area contributed by atoms with Gasteiger partial charge in [-0.15, -0.1) is 11.6 Å². The summed E-state index contributed by atoms with van der Waals surface area (Å²) in [4.78, 5) is 28.2. The Morgan fingerprint density at radius 1 is 1.50 bits per heavy atom. The number of urea groups is 1. The fourth-order valence-electron chi connectivity index (χ4n) is 1.58. The van der Waals surface area contributed by atoms with Gasteiger partial charge in [-0.1, -0.05) is 0 Å². The molecule has 0 aromatic carbocycles. The Morgan fingerprint density at radius 2 is 2.31 bits per heavy atom. The van der Waals surface area contributed by atoms with E-state index in [1.54, 1.807) is 6.20 Å². The molecule has 0 saturated carbocycles. The smallest absolute Gasteiger partial charge is 0.324 e. The molecule has 0 spiro atoms. The lowest BCUT2D eigenvalue weighted by atomic mass is 10.4. The van der Waals surface area contributed by atoms with Crippen LogP contribution < -0.4 is 5.32 Å². The molecule has 0 atom stereocenters. The van der Waals surface area contributed by atoms with Gasteiger partial charge in [-0.25, -0.2) is 9.78 Å². The van der Waals surface area contributed by atoms with Gasteiger partial charge in [-0.2, -0.15) is 0 Å². The first kappa shape index (κ1) is 10.9. The molecule has 0 saturated heterocycles. The Labute approximate surface area is 97.2 Å². The van der Waals surface area contributed by atoms with Crippen LogP contribution in [-0.2, 0) is 17.9 Å². The molecule has 0 fully saturated rings. The highest BCUT2D eigenvalue weighted by molar-refractivity contribution is 6.28. The molecule has 86 valence electrons. The molecule has 16 heavy (non-hydrogen) atoms. The van der Waals surface area contributed by atoms with Crippen molar-refractivity contribution in [2.45, 2.75) is 13.1 Å². The van der Waals surface area contributed by atoms with Crippen molar-refractivity contribution in [2.24, 2.45) is 0 Å². The SMILES string of the molecule is O=C(CCl)NC(=O)N1CCn2ccnc2C1. The predicted octanol–water partition coefficient (Wildman–Crippen LogP) is 0.174. The number of nitrogens with one attached hydrogen (secondary N) is 1. The molecule has 1 N–H and O–H groups in total. The number of carbonyl (C=O) groups excluding carboxylic acids is 2. The number of carbonyl (C=O) groups is 2. The van der Waals surface area contributed by atoms with E-state index in [4.69, 9.17) is 11.6 Å². The number of imidazole rings is 1. The van der Waals surface area contributed by atoms with Gasteiger partial charge in [-0.3, -0.25) is 10.1 Å². The van der Waals surface area contributed by atoms with Crippen molar-refractivity contribution >= 4 is 23.5 Å². The fourth-order valence-corrected chi connectivity index (χ4v) is 1.65. The number of aromatic nitrogens is 2. The first-order valence-electron chi connectivity index (χ1n) is 4.85. The highest BCUT2D eigenvalue weighted by atomic mass is 35.5. The second-order valence-electron chi connectivity index (χ2n) is 3.45. The summed E-state index contributed by atoms with van der Waals surface area (Å²) in [6.45, 7) is 1.66. The highest BCUT2D eigenvalue weighted by Crippen LogP contribution is 2.09. The van der Waals surface area contributed by atoms with Crippen molar-refractivity contribution in [1.82, 2.24) is 19.8 Å². The van der Waals surface area contributed by atoms with Crippen LogP contribution in [0.5, 0.6) is 0 Å². The third-order valence-electron chi connectivity index (χ3n) is 2.40. The first-order chi connectivity index (χ1) is 7.70. The van der Waals surface area contributed by atoms with Gasteiger partial charge in [0.15, 0.2) is 0 Å². The number of halogens is 1. The molecule has 1 aliphatic rings. The maximum Gasteiger partial charge on any atom is 0.324 e. The van der Waals surface area contributed by atoms with Gasteiger partial charge in [0.05, 0.1) is 6.54 Å². The molecule has 3 amide bonds. The summed E-state index contributed by atoms with van der Waals surface area (Å²) < 4.78 is 1.98. The van der Waals surface area contributed by atoms with Crippen LogP contribution in [0.25, 0.3) is 0 Å². The first-order valence-corrected chi connectivity index (χ1v) is 5.39. The number of hydrogen-bond donors (Lipinski definition) is 1. The number of amides is 3. The Morgan fingerprint density at radius 3 is 3.06 bits per heavy atom. The van der Waals surface area contributed by atoms with Gasteiger partial charge in [0.2, 0.25) is 5.91 Å². The zero-order valence-electron chi connectivity index (χ0n) is 8.52. The van der Waals surface area contributed by atoms with E-state index in [2.05, 4.69) is 10.3 Å². The second kappa shape index (κ2) is 4.52. The Balaban J connectivity index is 1.98. The summed E-state index contributed by atoms with van der Waals surface area (Å²) in [5.41, 5.74) is 0. The quantitative estimate of drug-likeness (QED) is 0.714. The van der Waals surface area contributed by atoms with Crippen LogP contribution in [0.1, 0.15) is 5.82 Å². The third kappa shape index (κ3) is 2.16. The van der Waals surface area contributed by atoms with E-state index in [0.29, 0.717) is 19.6 Å². The average molecular weight is 243 g/mol. The van der Waals surface area contributed by atoms with E-state index in [-0.39, 0.29) is 5.88 Å². The van der Waals surface area contributed by atoms with E-state index in [9.17, 15) is 9.59 Å². The van der Waals surface area contributed by atoms with Gasteiger partial charge < -0.3 is 9.47 Å². The summed E-state index contributed by atoms with van der Waals surface area (Å²) in [5, 5.41) is 2.20. The van der Waals surface area contributed by atoms with Gasteiger partial charge >= 0.3 is 6.03 Å². The maximum absolute atomic E-state index is 11.6. The van der Waals surface area contributed by atoms with Crippen LogP contribution in [0, 0.1) is 0 Å². The molecular weight excluding hydrogens is 232 g/mol. The highest BCUT2D eigenvalue weighted by Gasteiger charge is 2.21. The van der Waals surface area contributed by atoms with Crippen molar-refractivity contribution in [3.05, 3.63) is 18.2 Å². The molecular formula is C9H11ClN4O2. The van der Waals surface area contributed by atoms with E-state index < -0.39 is 11.9 Å². The van der Waals surface area contributed by atoms with E-state index in [0.717, 1.165) is 5.82 Å². The van der Waals surface area contributed by atoms with Gasteiger partial charge in [0.1, 0.15) is 11.7 Å². The Kier molecular flexibility index (Phi) is 3.09. The summed E-state index contributed by atoms with van der Waals surface area (Å²) in [7, 11) is 0. The van der Waals surface area contributed by atoms with Crippen molar-refractivity contribution in [3.63, 3.8) is 0 Å². The van der Waals surface area contributed by atoms with Crippen molar-refractivity contribution in [1.29, 1.82) is 0 Å². The molecule has 1 aromatic rings. The summed E-state index contributed by atoms with van der Waals surface area (Å²) >= 11 is 5.30. The van der Waals surface area contributed by atoms with E-state index >= 15 is 0 Å². The van der Waals surface area contributed by atoms with Crippen LogP contribution in [-0.4, -0.2) is 38.8 Å². The largest absolute Gasteiger partial charge is 0.332 e. The minimum atomic E-state index is -0.486. The topological polar surface area (TPSA) is 67.2 Å². The van der Waals surface area contributed by atoms with Gasteiger partial charge in [-0.05, 0) is 0 Å². The second-order valence-corrected chi connectivity index (χ2v) is 3.71. The van der Waals surface area contributed by atoms with Crippen molar-refractivity contribution < 1.29 is 9.59 Å². The van der Waals surface area contributed by atoms with Gasteiger partial charge in [0.25, 0.3) is 0 Å². The average Bonchev–Trinajstić information content (AvgIpc) is 2.75. The molecule has 0 unspecified atom stereocenters. The minimum Gasteiger partial charge on any atom is -0.332 e. The molecule has 2 rings (SSSR count). The lowest BCUT2D eigenvalue weighted by molar-refractivity contribution is -0.117. The lowest BCUT2D eigenvalue weighted by Crippen LogP contribution is -2.46. The number of hydrogen-bond acceptors (Lipinski definition) is 3. The number of fused-ring (bicyclic) bond motifs is 1. The Bertz CT molecular complexity index is 417. The van der Waals surface area contributed by atoms with Crippen LogP contribution in [0.3, 0.4) is 0 Å². The zero-order valence-corrected chi connectivity index (χ0v) is 9.28. The van der Waals surface area contributed by atoms with Crippen LogP contribution in [0.15, 0.2) is 12.4 Å². The molecule has 7 heteroatoms. The summed E-state index contributed by atoms with van der Waals surface area (Å²) in [5.74, 6) is 0.120. The number of alkyl halides is 1. The van der Waals surface area contributed by atoms with Gasteiger partial charge in [0, 0.05) is 25.5 Å². The monoisotopic (exact) mass is 242 g/mol. The molecule has 6 nitrogen and oxygen atoms in total. The number of nitrogens with zero attached hydrogens (tertiary/aromatic N) is 3. The normalized spacial score (nSPS) is 14.4. The maximum atomic E-state index is 11.6. The zero-order chi connectivity index (χ0) is 11.5. The molecule has 1 aliphatic heterocycles. The number of imide groups is 1. The van der Waals surface area contributed by atoms with Crippen LogP contribution in [0.2, 0.25) is 0 Å². The predicted molar refractivity (Wildman–Crippen MR) is 56.9 cm³/mol. The number of rotatable bonds is 1. The molecule has 2 heterocycles. The van der Waals surface area contributed by atoms with Crippen molar-refractivity contribution in [3.8, 4) is 0 Å². The summed E-state index contributed by atoms with van der Waals surface area (Å²) in [6, 6.07) is -0.417. The molecule has 0 radical (unpaired) electrons. The summed E-state index contributed by atoms with van der Waals surface area (Å²) in [6.07, 6.45) is 3.56. The molecule has 1 aromatic heterocycles. The van der Waals surface area contributed by atoms with E-state index in [1.165, 1.54) is 4.90 Å². The van der Waals surface area contributed by atoms with Crippen LogP contribution in [0.4, 0.5) is 4.79 Å². The lowest BCUT2D eigenvalue weighted by Gasteiger charge is -2.27. The third-order valence-corrected chi connectivity index (χ3v) is 2.64. The van der Waals surface area contributed by atoms with E-state index in [1.807, 2.05) is 10.8 Å². The Hall–Kier alpha value is -1.56.